The second kappa shape index (κ2) is 6.86. The highest BCUT2D eigenvalue weighted by atomic mass is 16.5. The van der Waals surface area contributed by atoms with E-state index in [1.54, 1.807) is 18.3 Å². The van der Waals surface area contributed by atoms with Crippen LogP contribution < -0.4 is 0 Å². The number of piperidine rings is 1. The molecule has 1 atom stereocenters. The molecule has 1 unspecified atom stereocenters. The quantitative estimate of drug-likeness (QED) is 0.892. The van der Waals surface area contributed by atoms with Crippen molar-refractivity contribution >= 4 is 11.9 Å². The number of ether oxygens (including phenoxy) is 1. The van der Waals surface area contributed by atoms with Crippen molar-refractivity contribution in [2.24, 2.45) is 0 Å². The summed E-state index contributed by atoms with van der Waals surface area (Å²) < 4.78 is 5.91. The molecule has 1 N–H and O–H groups in total. The summed E-state index contributed by atoms with van der Waals surface area (Å²) in [6, 6.07) is 2.39. The van der Waals surface area contributed by atoms with Gasteiger partial charge in [0.2, 0.25) is 0 Å². The number of aromatic nitrogens is 1. The van der Waals surface area contributed by atoms with Gasteiger partial charge in [0, 0.05) is 38.3 Å². The number of rotatable bonds is 4. The third-order valence-corrected chi connectivity index (χ3v) is 4.85. The minimum absolute atomic E-state index is 0.0368. The Morgan fingerprint density at radius 1 is 1.42 bits per heavy atom. The molecule has 1 aromatic heterocycles. The largest absolute Gasteiger partial charge is 0.480 e. The number of carboxylic acids is 1. The van der Waals surface area contributed by atoms with Crippen LogP contribution in [0.15, 0.2) is 24.5 Å². The molecular formula is C17H23N3O4. The number of aliphatic carboxylic acids is 1. The van der Waals surface area contributed by atoms with Crippen LogP contribution >= 0.6 is 0 Å². The Labute approximate surface area is 141 Å². The van der Waals surface area contributed by atoms with E-state index in [9.17, 15) is 14.7 Å². The Hall–Kier alpha value is -1.99. The number of hydrogen-bond donors (Lipinski definition) is 1. The van der Waals surface area contributed by atoms with Crippen LogP contribution in [-0.2, 0) is 9.53 Å². The van der Waals surface area contributed by atoms with Crippen molar-refractivity contribution in [3.05, 3.63) is 30.1 Å². The summed E-state index contributed by atoms with van der Waals surface area (Å²) >= 11 is 0. The fourth-order valence-electron chi connectivity index (χ4n) is 3.63. The molecule has 0 bridgehead atoms. The first-order chi connectivity index (χ1) is 11.6. The highest BCUT2D eigenvalue weighted by Gasteiger charge is 2.53. The lowest BCUT2D eigenvalue weighted by molar-refractivity contribution is -0.143. The van der Waals surface area contributed by atoms with Crippen molar-refractivity contribution in [2.75, 3.05) is 26.2 Å². The first kappa shape index (κ1) is 16.9. The molecule has 2 aliphatic rings. The smallest absolute Gasteiger partial charge is 0.328 e. The van der Waals surface area contributed by atoms with E-state index in [-0.39, 0.29) is 12.5 Å². The average Bonchev–Trinajstić information content (AvgIpc) is 2.97. The number of pyridine rings is 1. The van der Waals surface area contributed by atoms with Gasteiger partial charge in [-0.25, -0.2) is 4.79 Å². The maximum atomic E-state index is 13.0. The Balaban J connectivity index is 1.86. The summed E-state index contributed by atoms with van der Waals surface area (Å²) in [5.41, 5.74) is -0.426. The normalized spacial score (nSPS) is 23.5. The average molecular weight is 333 g/mol. The molecular weight excluding hydrogens is 310 g/mol. The molecule has 0 saturated carbocycles. The molecule has 3 rings (SSSR count). The van der Waals surface area contributed by atoms with E-state index < -0.39 is 17.7 Å². The van der Waals surface area contributed by atoms with Crippen molar-refractivity contribution in [3.63, 3.8) is 0 Å². The molecule has 3 heterocycles. The molecule has 1 spiro atoms. The number of amides is 1. The maximum Gasteiger partial charge on any atom is 0.328 e. The zero-order valence-corrected chi connectivity index (χ0v) is 13.9. The molecule has 2 aliphatic heterocycles. The van der Waals surface area contributed by atoms with E-state index in [0.29, 0.717) is 18.4 Å². The van der Waals surface area contributed by atoms with Gasteiger partial charge in [-0.15, -0.1) is 0 Å². The van der Waals surface area contributed by atoms with Crippen molar-refractivity contribution in [1.29, 1.82) is 0 Å². The summed E-state index contributed by atoms with van der Waals surface area (Å²) in [4.78, 5) is 32.4. The molecule has 0 aromatic carbocycles. The SMILES string of the molecule is CCCN1CCC2(CC1)OCC(C(=O)O)N2C(=O)c1cccnc1. The molecule has 0 radical (unpaired) electrons. The lowest BCUT2D eigenvalue weighted by Crippen LogP contribution is -2.58. The van der Waals surface area contributed by atoms with Gasteiger partial charge in [-0.3, -0.25) is 14.7 Å². The second-order valence-electron chi connectivity index (χ2n) is 6.37. The zero-order valence-electron chi connectivity index (χ0n) is 13.9. The molecule has 130 valence electrons. The van der Waals surface area contributed by atoms with Gasteiger partial charge in [-0.1, -0.05) is 6.92 Å². The number of carbonyl (C=O) groups excluding carboxylic acids is 1. The monoisotopic (exact) mass is 333 g/mol. The Morgan fingerprint density at radius 3 is 2.75 bits per heavy atom. The highest BCUT2D eigenvalue weighted by molar-refractivity contribution is 5.97. The maximum absolute atomic E-state index is 13.0. The van der Waals surface area contributed by atoms with Gasteiger partial charge in [0.05, 0.1) is 12.2 Å². The van der Waals surface area contributed by atoms with Crippen LogP contribution in [0.25, 0.3) is 0 Å². The summed E-state index contributed by atoms with van der Waals surface area (Å²) in [5, 5.41) is 9.53. The van der Waals surface area contributed by atoms with Crippen LogP contribution in [0.4, 0.5) is 0 Å². The third kappa shape index (κ3) is 3.01. The van der Waals surface area contributed by atoms with Gasteiger partial charge in [0.1, 0.15) is 5.72 Å². The van der Waals surface area contributed by atoms with Crippen molar-refractivity contribution in [1.82, 2.24) is 14.8 Å². The van der Waals surface area contributed by atoms with Gasteiger partial charge >= 0.3 is 5.97 Å². The van der Waals surface area contributed by atoms with E-state index in [1.165, 1.54) is 11.1 Å². The molecule has 2 fully saturated rings. The van der Waals surface area contributed by atoms with Crippen LogP contribution in [-0.4, -0.2) is 69.8 Å². The van der Waals surface area contributed by atoms with Crippen LogP contribution in [0.2, 0.25) is 0 Å². The van der Waals surface area contributed by atoms with Gasteiger partial charge < -0.3 is 14.7 Å². The number of carbonyl (C=O) groups is 2. The van der Waals surface area contributed by atoms with Crippen LogP contribution in [0.3, 0.4) is 0 Å². The first-order valence-electron chi connectivity index (χ1n) is 8.40. The number of likely N-dealkylation sites (tertiary alicyclic amines) is 1. The van der Waals surface area contributed by atoms with Crippen molar-refractivity contribution in [3.8, 4) is 0 Å². The first-order valence-corrected chi connectivity index (χ1v) is 8.40. The summed E-state index contributed by atoms with van der Waals surface area (Å²) in [6.07, 6.45) is 5.39. The van der Waals surface area contributed by atoms with E-state index >= 15 is 0 Å². The number of carboxylic acid groups (broad SMARTS) is 1. The van der Waals surface area contributed by atoms with E-state index in [4.69, 9.17) is 4.74 Å². The fraction of sp³-hybridized carbons (Fsp3) is 0.588. The molecule has 0 aliphatic carbocycles. The summed E-state index contributed by atoms with van der Waals surface area (Å²) in [5.74, 6) is -1.35. The van der Waals surface area contributed by atoms with E-state index in [1.807, 2.05) is 0 Å². The minimum atomic E-state index is -1.03. The lowest BCUT2D eigenvalue weighted by atomic mass is 9.97. The predicted molar refractivity (Wildman–Crippen MR) is 86.5 cm³/mol. The van der Waals surface area contributed by atoms with Gasteiger partial charge in [0.25, 0.3) is 5.91 Å². The number of nitrogens with zero attached hydrogens (tertiary/aromatic N) is 3. The van der Waals surface area contributed by atoms with Gasteiger partial charge in [0.15, 0.2) is 6.04 Å². The topological polar surface area (TPSA) is 83.0 Å². The Bertz CT molecular complexity index is 599. The summed E-state index contributed by atoms with van der Waals surface area (Å²) in [6.45, 7) is 4.78. The zero-order chi connectivity index (χ0) is 17.2. The molecule has 1 amide bonds. The predicted octanol–water partition coefficient (Wildman–Crippen LogP) is 1.21. The molecule has 1 aromatic rings. The molecule has 24 heavy (non-hydrogen) atoms. The molecule has 7 nitrogen and oxygen atoms in total. The highest BCUT2D eigenvalue weighted by Crippen LogP contribution is 2.38. The third-order valence-electron chi connectivity index (χ3n) is 4.85. The lowest BCUT2D eigenvalue weighted by Gasteiger charge is -2.44. The Kier molecular flexibility index (Phi) is 4.82. The van der Waals surface area contributed by atoms with E-state index in [0.717, 1.165) is 26.1 Å². The standard InChI is InChI=1S/C17H23N3O4/c1-2-8-19-9-5-17(6-10-19)20(14(12-24-17)16(22)23)15(21)13-4-3-7-18-11-13/h3-4,7,11,14H,2,5-6,8-10,12H2,1H3,(H,22,23). The molecule has 7 heteroatoms. The fourth-order valence-corrected chi connectivity index (χ4v) is 3.63. The van der Waals surface area contributed by atoms with Crippen molar-refractivity contribution in [2.45, 2.75) is 38.0 Å². The van der Waals surface area contributed by atoms with Crippen LogP contribution in [0.5, 0.6) is 0 Å². The van der Waals surface area contributed by atoms with E-state index in [2.05, 4.69) is 16.8 Å². The number of hydrogen-bond acceptors (Lipinski definition) is 5. The van der Waals surface area contributed by atoms with Gasteiger partial charge in [-0.05, 0) is 25.1 Å². The van der Waals surface area contributed by atoms with Crippen LogP contribution in [0.1, 0.15) is 36.5 Å². The summed E-state index contributed by atoms with van der Waals surface area (Å²) in [7, 11) is 0. The molecule has 2 saturated heterocycles. The van der Waals surface area contributed by atoms with Gasteiger partial charge in [-0.2, -0.15) is 0 Å². The van der Waals surface area contributed by atoms with Crippen LogP contribution in [0, 0.1) is 0 Å². The minimum Gasteiger partial charge on any atom is -0.480 e. The Morgan fingerprint density at radius 2 is 2.17 bits per heavy atom. The van der Waals surface area contributed by atoms with Crippen molar-refractivity contribution < 1.29 is 19.4 Å². The second-order valence-corrected chi connectivity index (χ2v) is 6.37.